The van der Waals surface area contributed by atoms with Gasteiger partial charge in [0.2, 0.25) is 0 Å². The second-order valence-electron chi connectivity index (χ2n) is 10.8. The number of likely N-dealkylation sites (tertiary alicyclic amines) is 1. The maximum Gasteiger partial charge on any atom is 0.320 e. The lowest BCUT2D eigenvalue weighted by Crippen LogP contribution is -2.49. The number of ether oxygens (including phenoxy) is 2. The third-order valence-electron chi connectivity index (χ3n) is 7.53. The lowest BCUT2D eigenvalue weighted by Gasteiger charge is -2.37. The average Bonchev–Trinajstić information content (AvgIpc) is 2.98. The van der Waals surface area contributed by atoms with E-state index in [1.807, 2.05) is 43.3 Å². The van der Waals surface area contributed by atoms with Crippen LogP contribution in [0.5, 0.6) is 23.0 Å². The molecule has 2 aliphatic heterocycles. The summed E-state index contributed by atoms with van der Waals surface area (Å²) in [5, 5.41) is 36.4. The SMILES string of the molecule is CC1=C(c2cccc(O)c2)C(c2ccc(OCCN3CC(CF)C3)cc2)Oc2ccc(O)cc21.NC(CCC(=O)O)C(=O)O. The molecule has 0 radical (unpaired) electrons. The van der Waals surface area contributed by atoms with Crippen LogP contribution in [0.2, 0.25) is 0 Å². The van der Waals surface area contributed by atoms with Crippen molar-refractivity contribution in [3.05, 3.63) is 83.4 Å². The van der Waals surface area contributed by atoms with Gasteiger partial charge in [-0.15, -0.1) is 0 Å². The molecule has 0 spiro atoms. The maximum atomic E-state index is 12.6. The molecule has 2 heterocycles. The van der Waals surface area contributed by atoms with Crippen LogP contribution in [0, 0.1) is 5.92 Å². The summed E-state index contributed by atoms with van der Waals surface area (Å²) in [7, 11) is 0. The molecule has 0 aliphatic carbocycles. The summed E-state index contributed by atoms with van der Waals surface area (Å²) < 4.78 is 24.9. The van der Waals surface area contributed by atoms with Gasteiger partial charge in [0.25, 0.3) is 0 Å². The number of fused-ring (bicyclic) bond motifs is 1. The zero-order chi connectivity index (χ0) is 31.8. The summed E-state index contributed by atoms with van der Waals surface area (Å²) in [6.07, 6.45) is -0.607. The van der Waals surface area contributed by atoms with Gasteiger partial charge in [0.15, 0.2) is 0 Å². The highest BCUT2D eigenvalue weighted by atomic mass is 19.1. The normalized spacial score (nSPS) is 16.9. The quantitative estimate of drug-likeness (QED) is 0.206. The summed E-state index contributed by atoms with van der Waals surface area (Å²) in [5.74, 6) is -0.186. The van der Waals surface area contributed by atoms with E-state index in [-0.39, 0.29) is 43.0 Å². The number of hydrogen-bond acceptors (Lipinski definition) is 8. The molecule has 0 bridgehead atoms. The molecule has 0 amide bonds. The highest BCUT2D eigenvalue weighted by Gasteiger charge is 2.30. The van der Waals surface area contributed by atoms with Gasteiger partial charge >= 0.3 is 11.9 Å². The molecule has 5 rings (SSSR count). The van der Waals surface area contributed by atoms with E-state index in [9.17, 15) is 24.2 Å². The second-order valence-corrected chi connectivity index (χ2v) is 10.8. The Morgan fingerprint density at radius 1 is 1.05 bits per heavy atom. The minimum Gasteiger partial charge on any atom is -0.508 e. The van der Waals surface area contributed by atoms with Gasteiger partial charge in [-0.2, -0.15) is 0 Å². The van der Waals surface area contributed by atoms with E-state index in [1.54, 1.807) is 30.3 Å². The number of allylic oxidation sites excluding steroid dienone is 1. The van der Waals surface area contributed by atoms with Crippen molar-refractivity contribution in [3.63, 3.8) is 0 Å². The number of carbonyl (C=O) groups is 2. The Kier molecular flexibility index (Phi) is 10.8. The number of halogens is 1. The van der Waals surface area contributed by atoms with Crippen molar-refractivity contribution in [3.8, 4) is 23.0 Å². The van der Waals surface area contributed by atoms with E-state index >= 15 is 0 Å². The van der Waals surface area contributed by atoms with E-state index in [2.05, 4.69) is 4.90 Å². The van der Waals surface area contributed by atoms with Crippen LogP contribution in [0.15, 0.2) is 66.7 Å². The number of aliphatic carboxylic acids is 2. The summed E-state index contributed by atoms with van der Waals surface area (Å²) in [5.41, 5.74) is 9.56. The third kappa shape index (κ3) is 8.27. The Morgan fingerprint density at radius 2 is 1.75 bits per heavy atom. The van der Waals surface area contributed by atoms with Gasteiger partial charge in [-0.05, 0) is 72.5 Å². The Hall–Kier alpha value is -4.61. The van der Waals surface area contributed by atoms with Crippen LogP contribution in [-0.2, 0) is 9.59 Å². The van der Waals surface area contributed by atoms with E-state index in [4.69, 9.17) is 25.4 Å². The fourth-order valence-electron chi connectivity index (χ4n) is 5.11. The van der Waals surface area contributed by atoms with Crippen molar-refractivity contribution in [2.45, 2.75) is 31.9 Å². The molecular formula is C33H37FN2O8. The molecule has 3 aromatic carbocycles. The zero-order valence-electron chi connectivity index (χ0n) is 24.4. The third-order valence-corrected chi connectivity index (χ3v) is 7.53. The first kappa shape index (κ1) is 32.3. The average molecular weight is 609 g/mol. The first-order chi connectivity index (χ1) is 21.0. The zero-order valence-corrected chi connectivity index (χ0v) is 24.4. The Balaban J connectivity index is 0.000000382. The van der Waals surface area contributed by atoms with E-state index in [1.165, 1.54) is 0 Å². The van der Waals surface area contributed by atoms with Crippen LogP contribution in [0.4, 0.5) is 4.39 Å². The van der Waals surface area contributed by atoms with Crippen molar-refractivity contribution in [1.82, 2.24) is 4.90 Å². The molecule has 3 aromatic rings. The molecule has 2 unspecified atom stereocenters. The molecule has 2 aliphatic rings. The van der Waals surface area contributed by atoms with Gasteiger partial charge in [-0.25, -0.2) is 0 Å². The number of hydrogen-bond donors (Lipinski definition) is 5. The standard InChI is InChI=1S/C28H28FNO4.C5H9NO4/c1-18-25-14-23(32)7-10-26(25)34-28(27(18)21-3-2-4-22(31)13-21)20-5-8-24(9-6-20)33-12-11-30-16-19(15-29)17-30;6-3(5(9)10)1-2-4(7)8/h2-10,13-14,19,28,31-32H,11-12,15-17H2,1H3;3H,1-2,6H2,(H,7,8)(H,9,10). The predicted molar refractivity (Wildman–Crippen MR) is 162 cm³/mol. The smallest absolute Gasteiger partial charge is 0.320 e. The van der Waals surface area contributed by atoms with Gasteiger partial charge < -0.3 is 35.6 Å². The molecule has 0 aromatic heterocycles. The Morgan fingerprint density at radius 3 is 2.39 bits per heavy atom. The van der Waals surface area contributed by atoms with Crippen molar-refractivity contribution in [1.29, 1.82) is 0 Å². The van der Waals surface area contributed by atoms with Gasteiger partial charge in [0.1, 0.15) is 41.8 Å². The number of aromatic hydroxyl groups is 2. The highest BCUT2D eigenvalue weighted by Crippen LogP contribution is 2.47. The van der Waals surface area contributed by atoms with Crippen LogP contribution in [0.25, 0.3) is 11.1 Å². The molecular weight excluding hydrogens is 571 g/mol. The Labute approximate surface area is 254 Å². The van der Waals surface area contributed by atoms with Gasteiger partial charge in [0.05, 0.1) is 6.67 Å². The van der Waals surface area contributed by atoms with Gasteiger partial charge in [-0.1, -0.05) is 24.3 Å². The van der Waals surface area contributed by atoms with Crippen molar-refractivity contribution >= 4 is 23.1 Å². The van der Waals surface area contributed by atoms with E-state index < -0.39 is 18.0 Å². The maximum absolute atomic E-state index is 12.6. The van der Waals surface area contributed by atoms with Gasteiger partial charge in [0, 0.05) is 43.1 Å². The number of carboxylic acid groups (broad SMARTS) is 2. The number of benzene rings is 3. The molecule has 6 N–H and O–H groups in total. The molecule has 234 valence electrons. The topological polar surface area (TPSA) is 163 Å². The van der Waals surface area contributed by atoms with Crippen LogP contribution >= 0.6 is 0 Å². The molecule has 0 saturated carbocycles. The summed E-state index contributed by atoms with van der Waals surface area (Å²) >= 11 is 0. The molecule has 1 saturated heterocycles. The van der Waals surface area contributed by atoms with Crippen LogP contribution in [0.1, 0.15) is 42.6 Å². The van der Waals surface area contributed by atoms with E-state index in [0.29, 0.717) is 12.4 Å². The first-order valence-corrected chi connectivity index (χ1v) is 14.3. The van der Waals surface area contributed by atoms with E-state index in [0.717, 1.165) is 53.2 Å². The number of nitrogens with two attached hydrogens (primary N) is 1. The monoisotopic (exact) mass is 608 g/mol. The number of rotatable bonds is 11. The number of nitrogens with zero attached hydrogens (tertiary/aromatic N) is 1. The van der Waals surface area contributed by atoms with Crippen LogP contribution in [-0.4, -0.2) is 76.2 Å². The largest absolute Gasteiger partial charge is 0.508 e. The molecule has 44 heavy (non-hydrogen) atoms. The van der Waals surface area contributed by atoms with Crippen molar-refractivity contribution < 1.29 is 43.9 Å². The van der Waals surface area contributed by atoms with Gasteiger partial charge in [-0.3, -0.25) is 18.9 Å². The summed E-state index contributed by atoms with van der Waals surface area (Å²) in [6.45, 7) is 4.72. The molecule has 1 fully saturated rings. The summed E-state index contributed by atoms with van der Waals surface area (Å²) in [4.78, 5) is 22.1. The first-order valence-electron chi connectivity index (χ1n) is 14.3. The van der Waals surface area contributed by atoms with Crippen molar-refractivity contribution in [2.75, 3.05) is 32.9 Å². The lowest BCUT2D eigenvalue weighted by atomic mass is 9.86. The molecule has 11 heteroatoms. The number of phenolic OH excluding ortho intramolecular Hbond substituents is 2. The molecule has 2 atom stereocenters. The number of phenols is 2. The lowest BCUT2D eigenvalue weighted by molar-refractivity contribution is -0.139. The fourth-order valence-corrected chi connectivity index (χ4v) is 5.11. The van der Waals surface area contributed by atoms with Crippen LogP contribution < -0.4 is 15.2 Å². The summed E-state index contributed by atoms with van der Waals surface area (Å²) in [6, 6.07) is 19.0. The van der Waals surface area contributed by atoms with Crippen LogP contribution in [0.3, 0.4) is 0 Å². The minimum atomic E-state index is -1.17. The predicted octanol–water partition coefficient (Wildman–Crippen LogP) is 4.71. The Bertz CT molecular complexity index is 1490. The number of alkyl halides is 1. The minimum absolute atomic E-state index is 0.0231. The number of carboxylic acids is 2. The molecule has 10 nitrogen and oxygen atoms in total. The highest BCUT2D eigenvalue weighted by molar-refractivity contribution is 5.95. The fraction of sp³-hybridized carbons (Fsp3) is 0.333. The van der Waals surface area contributed by atoms with Crippen molar-refractivity contribution in [2.24, 2.45) is 11.7 Å². The second kappa shape index (κ2) is 14.7.